The highest BCUT2D eigenvalue weighted by Gasteiger charge is 2.24. The zero-order valence-corrected chi connectivity index (χ0v) is 13.0. The Balaban J connectivity index is 2.19. The van der Waals surface area contributed by atoms with Crippen LogP contribution in [0.2, 0.25) is 0 Å². The molecule has 2 rings (SSSR count). The lowest BCUT2D eigenvalue weighted by Gasteiger charge is -2.26. The van der Waals surface area contributed by atoms with Gasteiger partial charge in [0.15, 0.2) is 0 Å². The van der Waals surface area contributed by atoms with Crippen LogP contribution in [0.5, 0.6) is 0 Å². The summed E-state index contributed by atoms with van der Waals surface area (Å²) in [5, 5.41) is 3.54. The lowest BCUT2D eigenvalue weighted by Crippen LogP contribution is -2.31. The molecule has 1 aliphatic carbocycles. The zero-order chi connectivity index (χ0) is 13.9. The third-order valence-corrected chi connectivity index (χ3v) is 4.59. The van der Waals surface area contributed by atoms with Crippen molar-refractivity contribution in [3.8, 4) is 0 Å². The van der Waals surface area contributed by atoms with E-state index in [0.29, 0.717) is 12.0 Å². The molecule has 0 aliphatic heterocycles. The monoisotopic (exact) mass is 259 g/mol. The Morgan fingerprint density at radius 2 is 1.58 bits per heavy atom. The topological polar surface area (TPSA) is 12.0 Å². The molecule has 2 atom stereocenters. The van der Waals surface area contributed by atoms with Crippen LogP contribution in [-0.2, 0) is 5.41 Å². The lowest BCUT2D eigenvalue weighted by atomic mass is 9.83. The largest absolute Gasteiger partial charge is 0.316 e. The highest BCUT2D eigenvalue weighted by atomic mass is 14.9. The van der Waals surface area contributed by atoms with Crippen molar-refractivity contribution < 1.29 is 0 Å². The molecule has 0 heterocycles. The Bertz CT molecular complexity index is 385. The van der Waals surface area contributed by atoms with Crippen LogP contribution < -0.4 is 5.32 Å². The van der Waals surface area contributed by atoms with Crippen LogP contribution in [0.25, 0.3) is 0 Å². The fourth-order valence-corrected chi connectivity index (χ4v) is 3.28. The molecule has 1 fully saturated rings. The molecule has 0 amide bonds. The molecule has 1 N–H and O–H groups in total. The zero-order valence-electron chi connectivity index (χ0n) is 13.0. The van der Waals surface area contributed by atoms with E-state index in [1.165, 1.54) is 43.2 Å². The number of hydrogen-bond acceptors (Lipinski definition) is 1. The van der Waals surface area contributed by atoms with Gasteiger partial charge in [0, 0.05) is 6.04 Å². The molecule has 0 spiro atoms. The highest BCUT2D eigenvalue weighted by molar-refractivity contribution is 5.30. The van der Waals surface area contributed by atoms with Gasteiger partial charge < -0.3 is 5.32 Å². The summed E-state index contributed by atoms with van der Waals surface area (Å²) in [5.74, 6) is 0.696. The van der Waals surface area contributed by atoms with Crippen LogP contribution in [0.3, 0.4) is 0 Å². The smallest absolute Gasteiger partial charge is 0.0133 e. The second-order valence-electron chi connectivity index (χ2n) is 7.01. The van der Waals surface area contributed by atoms with Gasteiger partial charge >= 0.3 is 0 Å². The van der Waals surface area contributed by atoms with Crippen LogP contribution in [0, 0.1) is 0 Å². The molecular weight excluding hydrogens is 230 g/mol. The molecule has 1 aromatic rings. The fourth-order valence-electron chi connectivity index (χ4n) is 3.28. The van der Waals surface area contributed by atoms with Gasteiger partial charge in [-0.2, -0.15) is 0 Å². The minimum Gasteiger partial charge on any atom is -0.316 e. The first-order valence-corrected chi connectivity index (χ1v) is 7.80. The Hall–Kier alpha value is -0.820. The molecule has 1 aromatic carbocycles. The first-order chi connectivity index (χ1) is 9.02. The van der Waals surface area contributed by atoms with Crippen molar-refractivity contribution in [2.24, 2.45) is 0 Å². The first kappa shape index (κ1) is 14.6. The van der Waals surface area contributed by atoms with Gasteiger partial charge in [-0.15, -0.1) is 0 Å². The van der Waals surface area contributed by atoms with Crippen LogP contribution in [0.15, 0.2) is 24.3 Å². The van der Waals surface area contributed by atoms with Crippen molar-refractivity contribution in [1.29, 1.82) is 0 Å². The number of benzene rings is 1. The number of likely N-dealkylation sites (N-methyl/N-ethyl adjacent to an activating group) is 1. The first-order valence-electron chi connectivity index (χ1n) is 7.80. The van der Waals surface area contributed by atoms with Crippen molar-refractivity contribution in [2.45, 2.75) is 70.3 Å². The van der Waals surface area contributed by atoms with E-state index in [9.17, 15) is 0 Å². The quantitative estimate of drug-likeness (QED) is 0.764. The highest BCUT2D eigenvalue weighted by Crippen LogP contribution is 2.33. The van der Waals surface area contributed by atoms with Gasteiger partial charge in [-0.1, -0.05) is 64.3 Å². The van der Waals surface area contributed by atoms with Gasteiger partial charge in [-0.25, -0.2) is 0 Å². The predicted molar refractivity (Wildman–Crippen MR) is 83.8 cm³/mol. The molecular formula is C18H29N. The predicted octanol–water partition coefficient (Wildman–Crippen LogP) is 4.62. The van der Waals surface area contributed by atoms with Crippen LogP contribution >= 0.6 is 0 Å². The Morgan fingerprint density at radius 3 is 2.16 bits per heavy atom. The maximum atomic E-state index is 3.54. The van der Waals surface area contributed by atoms with Crippen molar-refractivity contribution in [1.82, 2.24) is 5.32 Å². The summed E-state index contributed by atoms with van der Waals surface area (Å²) in [7, 11) is 2.12. The van der Waals surface area contributed by atoms with Crippen molar-refractivity contribution >= 4 is 0 Å². The summed E-state index contributed by atoms with van der Waals surface area (Å²) >= 11 is 0. The van der Waals surface area contributed by atoms with E-state index < -0.39 is 0 Å². The number of nitrogens with one attached hydrogen (secondary N) is 1. The molecule has 1 nitrogen and oxygen atoms in total. The summed E-state index contributed by atoms with van der Waals surface area (Å²) in [6.07, 6.45) is 6.81. The number of rotatable bonds is 2. The lowest BCUT2D eigenvalue weighted by molar-refractivity contribution is 0.439. The maximum Gasteiger partial charge on any atom is 0.0133 e. The van der Waals surface area contributed by atoms with Crippen molar-refractivity contribution in [3.05, 3.63) is 35.4 Å². The molecule has 0 radical (unpaired) electrons. The maximum absolute atomic E-state index is 3.54. The van der Waals surface area contributed by atoms with Gasteiger partial charge in [0.25, 0.3) is 0 Å². The molecule has 2 unspecified atom stereocenters. The van der Waals surface area contributed by atoms with E-state index in [4.69, 9.17) is 0 Å². The SMILES string of the molecule is CNC1CCCCCC1c1ccc(C(C)(C)C)cc1. The molecule has 1 aliphatic rings. The van der Waals surface area contributed by atoms with E-state index in [1.807, 2.05) is 0 Å². The summed E-state index contributed by atoms with van der Waals surface area (Å²) in [4.78, 5) is 0. The minimum atomic E-state index is 0.254. The van der Waals surface area contributed by atoms with E-state index in [-0.39, 0.29) is 5.41 Å². The second kappa shape index (κ2) is 6.09. The normalized spacial score (nSPS) is 25.1. The Morgan fingerprint density at radius 1 is 0.947 bits per heavy atom. The van der Waals surface area contributed by atoms with Gasteiger partial charge in [0.1, 0.15) is 0 Å². The summed E-state index contributed by atoms with van der Waals surface area (Å²) in [5.41, 5.74) is 3.21. The molecule has 0 aromatic heterocycles. The number of hydrogen-bond donors (Lipinski definition) is 1. The van der Waals surface area contributed by atoms with E-state index in [1.54, 1.807) is 0 Å². The summed E-state index contributed by atoms with van der Waals surface area (Å²) < 4.78 is 0. The minimum absolute atomic E-state index is 0.254. The average Bonchev–Trinajstić information content (AvgIpc) is 2.62. The average molecular weight is 259 g/mol. The molecule has 1 saturated carbocycles. The van der Waals surface area contributed by atoms with E-state index >= 15 is 0 Å². The summed E-state index contributed by atoms with van der Waals surface area (Å²) in [6.45, 7) is 6.85. The van der Waals surface area contributed by atoms with Crippen LogP contribution in [0.4, 0.5) is 0 Å². The standard InChI is InChI=1S/C18H29N/c1-18(2,3)15-12-10-14(11-13-15)16-8-6-5-7-9-17(16)19-4/h10-13,16-17,19H,5-9H2,1-4H3. The Kier molecular flexibility index (Phi) is 4.67. The molecule has 0 saturated heterocycles. The van der Waals surface area contributed by atoms with E-state index in [0.717, 1.165) is 0 Å². The van der Waals surface area contributed by atoms with Crippen molar-refractivity contribution in [3.63, 3.8) is 0 Å². The van der Waals surface area contributed by atoms with Crippen molar-refractivity contribution in [2.75, 3.05) is 7.05 Å². The summed E-state index contributed by atoms with van der Waals surface area (Å²) in [6, 6.07) is 10.0. The molecule has 1 heteroatoms. The van der Waals surface area contributed by atoms with Gasteiger partial charge in [0.2, 0.25) is 0 Å². The van der Waals surface area contributed by atoms with Gasteiger partial charge in [0.05, 0.1) is 0 Å². The van der Waals surface area contributed by atoms with Gasteiger partial charge in [-0.05, 0) is 42.3 Å². The van der Waals surface area contributed by atoms with Gasteiger partial charge in [-0.3, -0.25) is 0 Å². The third kappa shape index (κ3) is 3.60. The Labute approximate surface area is 118 Å². The third-order valence-electron chi connectivity index (χ3n) is 4.59. The molecule has 106 valence electrons. The second-order valence-corrected chi connectivity index (χ2v) is 7.01. The van der Waals surface area contributed by atoms with E-state index in [2.05, 4.69) is 57.4 Å². The van der Waals surface area contributed by atoms with Crippen LogP contribution in [0.1, 0.15) is 69.9 Å². The molecule has 19 heavy (non-hydrogen) atoms. The fraction of sp³-hybridized carbons (Fsp3) is 0.667. The van der Waals surface area contributed by atoms with Crippen LogP contribution in [-0.4, -0.2) is 13.1 Å². The molecule has 0 bridgehead atoms.